The first-order valence-corrected chi connectivity index (χ1v) is 7.46. The smallest absolute Gasteiger partial charge is 0.316 e. The molecule has 0 saturated heterocycles. The molecule has 0 fully saturated rings. The van der Waals surface area contributed by atoms with E-state index in [1.165, 1.54) is 6.08 Å². The Morgan fingerprint density at radius 3 is 2.50 bits per heavy atom. The van der Waals surface area contributed by atoms with Gasteiger partial charge >= 0.3 is 6.03 Å². The van der Waals surface area contributed by atoms with Gasteiger partial charge in [-0.1, -0.05) is 24.3 Å². The third kappa shape index (κ3) is 5.17. The predicted molar refractivity (Wildman–Crippen MR) is 94.9 cm³/mol. The maximum atomic E-state index is 12.0. The molecular weight excluding hydrogens is 306 g/mol. The van der Waals surface area contributed by atoms with Crippen LogP contribution >= 0.6 is 0 Å². The zero-order valence-electron chi connectivity index (χ0n) is 13.3. The molecule has 0 bridgehead atoms. The van der Waals surface area contributed by atoms with Gasteiger partial charge in [0.25, 0.3) is 0 Å². The van der Waals surface area contributed by atoms with Crippen molar-refractivity contribution in [3.05, 3.63) is 60.2 Å². The summed E-state index contributed by atoms with van der Waals surface area (Å²) in [6, 6.07) is 13.5. The molecule has 0 aliphatic heterocycles. The number of ether oxygens (including phenoxy) is 1. The average Bonchev–Trinajstić information content (AvgIpc) is 2.54. The van der Waals surface area contributed by atoms with Crippen molar-refractivity contribution >= 4 is 29.4 Å². The van der Waals surface area contributed by atoms with Crippen LogP contribution in [0.25, 0.3) is 6.08 Å². The first-order chi connectivity index (χ1) is 11.6. The van der Waals surface area contributed by atoms with Gasteiger partial charge in [0.2, 0.25) is 5.91 Å². The van der Waals surface area contributed by atoms with Crippen molar-refractivity contribution in [3.8, 4) is 5.75 Å². The number of carbonyl (C=O) groups is 2. The van der Waals surface area contributed by atoms with Crippen LogP contribution in [0.15, 0.2) is 54.6 Å². The summed E-state index contributed by atoms with van der Waals surface area (Å²) in [4.78, 5) is 22.9. The fourth-order valence-electron chi connectivity index (χ4n) is 2.07. The Hall–Kier alpha value is -3.28. The lowest BCUT2D eigenvalue weighted by Crippen LogP contribution is -2.19. The van der Waals surface area contributed by atoms with Gasteiger partial charge in [-0.05, 0) is 37.3 Å². The van der Waals surface area contributed by atoms with Crippen LogP contribution in [-0.4, -0.2) is 18.5 Å². The van der Waals surface area contributed by atoms with Crippen LogP contribution in [-0.2, 0) is 4.79 Å². The average molecular weight is 325 g/mol. The molecule has 4 N–H and O–H groups in total. The summed E-state index contributed by atoms with van der Waals surface area (Å²) < 4.78 is 5.51. The van der Waals surface area contributed by atoms with Gasteiger partial charge < -0.3 is 21.1 Å². The zero-order chi connectivity index (χ0) is 17.4. The van der Waals surface area contributed by atoms with E-state index in [9.17, 15) is 9.59 Å². The highest BCUT2D eigenvalue weighted by Crippen LogP contribution is 2.19. The number of hydrogen-bond acceptors (Lipinski definition) is 3. The van der Waals surface area contributed by atoms with Crippen LogP contribution < -0.4 is 21.1 Å². The monoisotopic (exact) mass is 325 g/mol. The summed E-state index contributed by atoms with van der Waals surface area (Å²) >= 11 is 0. The first-order valence-electron chi connectivity index (χ1n) is 7.46. The quantitative estimate of drug-likeness (QED) is 0.712. The number of urea groups is 1. The summed E-state index contributed by atoms with van der Waals surface area (Å²) in [6.45, 7) is 2.46. The number of amides is 3. The van der Waals surface area contributed by atoms with Gasteiger partial charge in [-0.25, -0.2) is 4.79 Å². The van der Waals surface area contributed by atoms with Crippen molar-refractivity contribution in [1.29, 1.82) is 0 Å². The molecular formula is C18H19N3O3. The third-order valence-corrected chi connectivity index (χ3v) is 3.03. The summed E-state index contributed by atoms with van der Waals surface area (Å²) in [5.41, 5.74) is 6.94. The standard InChI is InChI=1S/C18H19N3O3/c1-2-24-16-9-4-3-6-13(16)10-11-17(22)20-14-7-5-8-15(12-14)21-18(19)23/h3-12H,2H2,1H3,(H,20,22)(H3,19,21,23)/b11-10+. The second kappa shape index (κ2) is 8.38. The topological polar surface area (TPSA) is 93.4 Å². The van der Waals surface area contributed by atoms with Gasteiger partial charge in [0.05, 0.1) is 6.61 Å². The molecule has 3 amide bonds. The van der Waals surface area contributed by atoms with Gasteiger partial charge in [0.15, 0.2) is 0 Å². The van der Waals surface area contributed by atoms with Crippen molar-refractivity contribution in [1.82, 2.24) is 0 Å². The van der Waals surface area contributed by atoms with E-state index in [1.807, 2.05) is 31.2 Å². The number of carbonyl (C=O) groups excluding carboxylic acids is 2. The number of hydrogen-bond donors (Lipinski definition) is 3. The number of rotatable bonds is 6. The van der Waals surface area contributed by atoms with Gasteiger partial charge in [0, 0.05) is 23.0 Å². The van der Waals surface area contributed by atoms with Crippen molar-refractivity contribution in [2.75, 3.05) is 17.2 Å². The van der Waals surface area contributed by atoms with Gasteiger partial charge in [0.1, 0.15) is 5.75 Å². The molecule has 2 aromatic rings. The van der Waals surface area contributed by atoms with Crippen LogP contribution in [0.2, 0.25) is 0 Å². The largest absolute Gasteiger partial charge is 0.493 e. The van der Waals surface area contributed by atoms with Crippen molar-refractivity contribution in [2.24, 2.45) is 5.73 Å². The first kappa shape index (κ1) is 17.1. The number of primary amides is 1. The Kier molecular flexibility index (Phi) is 5.96. The van der Waals surface area contributed by atoms with E-state index >= 15 is 0 Å². The maximum Gasteiger partial charge on any atom is 0.316 e. The molecule has 0 spiro atoms. The molecule has 0 aromatic heterocycles. The lowest BCUT2D eigenvalue weighted by Gasteiger charge is -2.07. The number of benzene rings is 2. The summed E-state index contributed by atoms with van der Waals surface area (Å²) in [5.74, 6) is 0.425. The van der Waals surface area contributed by atoms with Crippen LogP contribution in [0.5, 0.6) is 5.75 Å². The highest BCUT2D eigenvalue weighted by molar-refractivity contribution is 6.02. The Bertz CT molecular complexity index is 757. The molecule has 0 aliphatic rings. The second-order valence-corrected chi connectivity index (χ2v) is 4.86. The van der Waals surface area contributed by atoms with Gasteiger partial charge in [-0.2, -0.15) is 0 Å². The minimum Gasteiger partial charge on any atom is -0.493 e. The predicted octanol–water partition coefficient (Wildman–Crippen LogP) is 3.23. The van der Waals surface area contributed by atoms with E-state index in [2.05, 4.69) is 10.6 Å². The molecule has 6 nitrogen and oxygen atoms in total. The summed E-state index contributed by atoms with van der Waals surface area (Å²) in [5, 5.41) is 5.17. The molecule has 2 rings (SSSR count). The normalized spacial score (nSPS) is 10.4. The molecule has 0 saturated carbocycles. The highest BCUT2D eigenvalue weighted by atomic mass is 16.5. The van der Waals surface area contributed by atoms with Gasteiger partial charge in [-0.3, -0.25) is 4.79 Å². The lowest BCUT2D eigenvalue weighted by molar-refractivity contribution is -0.111. The summed E-state index contributed by atoms with van der Waals surface area (Å²) in [7, 11) is 0. The van der Waals surface area contributed by atoms with E-state index in [1.54, 1.807) is 30.3 Å². The Balaban J connectivity index is 2.04. The molecule has 124 valence electrons. The number of para-hydroxylation sites is 1. The molecule has 0 heterocycles. The molecule has 0 radical (unpaired) electrons. The van der Waals surface area contributed by atoms with Crippen molar-refractivity contribution in [2.45, 2.75) is 6.92 Å². The lowest BCUT2D eigenvalue weighted by atomic mass is 10.2. The maximum absolute atomic E-state index is 12.0. The number of nitrogens with two attached hydrogens (primary N) is 1. The third-order valence-electron chi connectivity index (χ3n) is 3.03. The Labute approximate surface area is 140 Å². The summed E-state index contributed by atoms with van der Waals surface area (Å²) in [6.07, 6.45) is 3.11. The SMILES string of the molecule is CCOc1ccccc1/C=C/C(=O)Nc1cccc(NC(N)=O)c1. The Morgan fingerprint density at radius 1 is 1.08 bits per heavy atom. The van der Waals surface area contributed by atoms with E-state index in [4.69, 9.17) is 10.5 Å². The van der Waals surface area contributed by atoms with E-state index in [0.29, 0.717) is 18.0 Å². The van der Waals surface area contributed by atoms with Crippen LogP contribution in [0.4, 0.5) is 16.2 Å². The molecule has 6 heteroatoms. The molecule has 24 heavy (non-hydrogen) atoms. The van der Waals surface area contributed by atoms with Crippen LogP contribution in [0, 0.1) is 0 Å². The van der Waals surface area contributed by atoms with E-state index in [0.717, 1.165) is 11.3 Å². The van der Waals surface area contributed by atoms with Crippen LogP contribution in [0.1, 0.15) is 12.5 Å². The van der Waals surface area contributed by atoms with Crippen molar-refractivity contribution < 1.29 is 14.3 Å². The van der Waals surface area contributed by atoms with E-state index in [-0.39, 0.29) is 5.91 Å². The zero-order valence-corrected chi connectivity index (χ0v) is 13.3. The minimum absolute atomic E-state index is 0.294. The fourth-order valence-corrected chi connectivity index (χ4v) is 2.07. The van der Waals surface area contributed by atoms with E-state index < -0.39 is 6.03 Å². The van der Waals surface area contributed by atoms with Gasteiger partial charge in [-0.15, -0.1) is 0 Å². The van der Waals surface area contributed by atoms with Crippen molar-refractivity contribution in [3.63, 3.8) is 0 Å². The molecule has 0 unspecified atom stereocenters. The molecule has 2 aromatic carbocycles. The molecule has 0 aliphatic carbocycles. The second-order valence-electron chi connectivity index (χ2n) is 4.86. The Morgan fingerprint density at radius 2 is 1.79 bits per heavy atom. The highest BCUT2D eigenvalue weighted by Gasteiger charge is 2.02. The minimum atomic E-state index is -0.661. The van der Waals surface area contributed by atoms with Crippen LogP contribution in [0.3, 0.4) is 0 Å². The fraction of sp³-hybridized carbons (Fsp3) is 0.111. The number of nitrogens with one attached hydrogen (secondary N) is 2. The number of anilines is 2. The molecule has 0 atom stereocenters.